The molecular weight excluding hydrogens is 320 g/mol. The highest BCUT2D eigenvalue weighted by molar-refractivity contribution is 7.88. The Kier molecular flexibility index (Phi) is 6.14. The lowest BCUT2D eigenvalue weighted by Gasteiger charge is -2.37. The van der Waals surface area contributed by atoms with E-state index >= 15 is 0 Å². The minimum atomic E-state index is -3.25. The van der Waals surface area contributed by atoms with Gasteiger partial charge in [-0.25, -0.2) is 13.4 Å². The Morgan fingerprint density at radius 1 is 1.35 bits per heavy atom. The average molecular weight is 344 g/mol. The van der Waals surface area contributed by atoms with E-state index < -0.39 is 10.0 Å². The van der Waals surface area contributed by atoms with Gasteiger partial charge in [0.2, 0.25) is 21.9 Å². The second-order valence-corrected chi connectivity index (χ2v) is 7.42. The molecule has 0 unspecified atom stereocenters. The highest BCUT2D eigenvalue weighted by Crippen LogP contribution is 2.22. The number of hydrogen-bond donors (Lipinski definition) is 0. The van der Waals surface area contributed by atoms with E-state index in [9.17, 15) is 8.42 Å². The highest BCUT2D eigenvalue weighted by Gasteiger charge is 2.30. The molecule has 0 spiro atoms. The zero-order valence-corrected chi connectivity index (χ0v) is 14.6. The molecule has 9 heteroatoms. The average Bonchev–Trinajstić information content (AvgIpc) is 2.54. The van der Waals surface area contributed by atoms with Gasteiger partial charge in [-0.05, 0) is 12.8 Å². The lowest BCUT2D eigenvalue weighted by Crippen LogP contribution is -2.48. The van der Waals surface area contributed by atoms with E-state index in [1.54, 1.807) is 30.8 Å². The lowest BCUT2D eigenvalue weighted by molar-refractivity contribution is 0.159. The molecule has 23 heavy (non-hydrogen) atoms. The van der Waals surface area contributed by atoms with Crippen molar-refractivity contribution < 1.29 is 17.9 Å². The summed E-state index contributed by atoms with van der Waals surface area (Å²) in [6.45, 7) is 2.19. The number of anilines is 1. The Bertz CT molecular complexity index is 603. The molecular formula is C14H24N4O4S. The first-order valence-corrected chi connectivity index (χ1v) is 9.38. The van der Waals surface area contributed by atoms with Gasteiger partial charge in [0, 0.05) is 45.0 Å². The van der Waals surface area contributed by atoms with Crippen LogP contribution in [0, 0.1) is 0 Å². The van der Waals surface area contributed by atoms with Crippen LogP contribution in [0.3, 0.4) is 0 Å². The molecule has 130 valence electrons. The summed E-state index contributed by atoms with van der Waals surface area (Å²) in [6, 6.07) is 1.69. The van der Waals surface area contributed by atoms with Gasteiger partial charge in [0.05, 0.1) is 20.0 Å². The van der Waals surface area contributed by atoms with Crippen molar-refractivity contribution in [2.45, 2.75) is 18.9 Å². The molecule has 0 atom stereocenters. The number of rotatable bonds is 7. The van der Waals surface area contributed by atoms with Crippen LogP contribution in [0.1, 0.15) is 12.8 Å². The largest absolute Gasteiger partial charge is 0.481 e. The number of ether oxygens (including phenoxy) is 2. The van der Waals surface area contributed by atoms with Gasteiger partial charge in [-0.15, -0.1) is 0 Å². The van der Waals surface area contributed by atoms with E-state index in [1.165, 1.54) is 6.26 Å². The zero-order chi connectivity index (χ0) is 16.9. The molecule has 0 amide bonds. The lowest BCUT2D eigenvalue weighted by atomic mass is 10.1. The molecule has 0 radical (unpaired) electrons. The maximum atomic E-state index is 12.0. The summed E-state index contributed by atoms with van der Waals surface area (Å²) in [7, 11) is -0.106. The van der Waals surface area contributed by atoms with Crippen LogP contribution >= 0.6 is 0 Å². The third-order valence-electron chi connectivity index (χ3n) is 3.92. The van der Waals surface area contributed by atoms with Gasteiger partial charge in [0.25, 0.3) is 0 Å². The molecule has 0 bridgehead atoms. The van der Waals surface area contributed by atoms with Crippen LogP contribution in [0.2, 0.25) is 0 Å². The molecule has 1 fully saturated rings. The number of hydrogen-bond acceptors (Lipinski definition) is 7. The van der Waals surface area contributed by atoms with Crippen molar-refractivity contribution in [1.82, 2.24) is 14.3 Å². The number of piperidine rings is 1. The van der Waals surface area contributed by atoms with Crippen molar-refractivity contribution in [2.75, 3.05) is 51.6 Å². The van der Waals surface area contributed by atoms with Crippen LogP contribution in [0.4, 0.5) is 5.95 Å². The van der Waals surface area contributed by atoms with E-state index in [0.717, 1.165) is 12.8 Å². The van der Waals surface area contributed by atoms with Gasteiger partial charge in [-0.3, -0.25) is 0 Å². The molecule has 0 aliphatic carbocycles. The topological polar surface area (TPSA) is 84.9 Å². The Hall–Kier alpha value is -1.45. The molecule has 1 saturated heterocycles. The third-order valence-corrected chi connectivity index (χ3v) is 5.26. The Labute approximate surface area is 137 Å². The maximum absolute atomic E-state index is 12.0. The first-order valence-electron chi connectivity index (χ1n) is 7.53. The summed E-state index contributed by atoms with van der Waals surface area (Å²) in [4.78, 5) is 10.6. The van der Waals surface area contributed by atoms with E-state index in [0.29, 0.717) is 38.1 Å². The Morgan fingerprint density at radius 3 is 2.61 bits per heavy atom. The third kappa shape index (κ3) is 4.76. The predicted molar refractivity (Wildman–Crippen MR) is 87.2 cm³/mol. The predicted octanol–water partition coefficient (Wildman–Crippen LogP) is 0.362. The molecule has 8 nitrogen and oxygen atoms in total. The van der Waals surface area contributed by atoms with E-state index in [2.05, 4.69) is 14.9 Å². The van der Waals surface area contributed by atoms with Crippen LogP contribution < -0.4 is 9.64 Å². The van der Waals surface area contributed by atoms with Gasteiger partial charge in [0.1, 0.15) is 0 Å². The fourth-order valence-electron chi connectivity index (χ4n) is 2.75. The highest BCUT2D eigenvalue weighted by atomic mass is 32.2. The van der Waals surface area contributed by atoms with E-state index in [1.807, 2.05) is 0 Å². The van der Waals surface area contributed by atoms with Crippen LogP contribution in [0.5, 0.6) is 5.88 Å². The zero-order valence-electron chi connectivity index (χ0n) is 13.8. The molecule has 1 aliphatic heterocycles. The number of nitrogens with zero attached hydrogens (tertiary/aromatic N) is 4. The van der Waals surface area contributed by atoms with Crippen molar-refractivity contribution >= 4 is 16.0 Å². The second-order valence-electron chi connectivity index (χ2n) is 5.48. The summed E-state index contributed by atoms with van der Waals surface area (Å²) < 4.78 is 35.7. The molecule has 1 aliphatic rings. The summed E-state index contributed by atoms with van der Waals surface area (Å²) >= 11 is 0. The molecule has 2 rings (SSSR count). The number of methoxy groups -OCH3 is 2. The van der Waals surface area contributed by atoms with Crippen molar-refractivity contribution in [3.8, 4) is 5.88 Å². The van der Waals surface area contributed by atoms with Crippen LogP contribution in [0.25, 0.3) is 0 Å². The van der Waals surface area contributed by atoms with Gasteiger partial charge in [0.15, 0.2) is 0 Å². The molecule has 2 heterocycles. The monoisotopic (exact) mass is 344 g/mol. The van der Waals surface area contributed by atoms with Crippen molar-refractivity contribution in [1.29, 1.82) is 0 Å². The quantitative estimate of drug-likeness (QED) is 0.706. The fraction of sp³-hybridized carbons (Fsp3) is 0.714. The summed E-state index contributed by atoms with van der Waals surface area (Å²) in [6.07, 6.45) is 4.38. The van der Waals surface area contributed by atoms with Gasteiger partial charge < -0.3 is 14.4 Å². The molecule has 1 aromatic rings. The first-order chi connectivity index (χ1) is 11.0. The van der Waals surface area contributed by atoms with Crippen molar-refractivity contribution in [3.05, 3.63) is 12.3 Å². The Balaban J connectivity index is 2.01. The minimum Gasteiger partial charge on any atom is -0.481 e. The summed E-state index contributed by atoms with van der Waals surface area (Å²) in [5.74, 6) is 1.14. The van der Waals surface area contributed by atoms with Crippen molar-refractivity contribution in [3.63, 3.8) is 0 Å². The first kappa shape index (κ1) is 17.9. The van der Waals surface area contributed by atoms with Crippen molar-refractivity contribution in [2.24, 2.45) is 0 Å². The van der Waals surface area contributed by atoms with Gasteiger partial charge in [-0.1, -0.05) is 0 Å². The number of sulfonamides is 1. The van der Waals surface area contributed by atoms with E-state index in [4.69, 9.17) is 9.47 Å². The number of aromatic nitrogens is 2. The maximum Gasteiger partial charge on any atom is 0.228 e. The smallest absolute Gasteiger partial charge is 0.228 e. The molecule has 0 saturated carbocycles. The van der Waals surface area contributed by atoms with E-state index in [-0.39, 0.29) is 6.04 Å². The second kappa shape index (κ2) is 7.89. The molecule has 0 N–H and O–H groups in total. The normalized spacial score (nSPS) is 16.8. The SMILES string of the molecule is COCCN(C1CCN(c2nccc(OC)n2)CC1)S(C)(=O)=O. The molecule has 0 aromatic carbocycles. The standard InChI is InChI=1S/C14H24N4O4S/c1-21-11-10-18(23(3,19)20)12-5-8-17(9-6-12)14-15-7-4-13(16-14)22-2/h4,7,12H,5-6,8-11H2,1-3H3. The van der Waals surface area contributed by atoms with Crippen LogP contribution in [-0.2, 0) is 14.8 Å². The fourth-order valence-corrected chi connectivity index (χ4v) is 3.91. The molecule has 1 aromatic heterocycles. The summed E-state index contributed by atoms with van der Waals surface area (Å²) in [5.41, 5.74) is 0. The summed E-state index contributed by atoms with van der Waals surface area (Å²) in [5, 5.41) is 0. The van der Waals surface area contributed by atoms with Crippen LogP contribution in [0.15, 0.2) is 12.3 Å². The van der Waals surface area contributed by atoms with Gasteiger partial charge in [-0.2, -0.15) is 9.29 Å². The van der Waals surface area contributed by atoms with Crippen LogP contribution in [-0.4, -0.2) is 75.4 Å². The minimum absolute atomic E-state index is 0.0120. The van der Waals surface area contributed by atoms with Gasteiger partial charge >= 0.3 is 0 Å². The Morgan fingerprint density at radius 2 is 2.04 bits per heavy atom.